The maximum absolute atomic E-state index is 11.4. The van der Waals surface area contributed by atoms with E-state index in [1.54, 1.807) is 0 Å². The van der Waals surface area contributed by atoms with Crippen molar-refractivity contribution in [1.82, 2.24) is 0 Å². The Labute approximate surface area is 138 Å². The first-order valence-corrected chi connectivity index (χ1v) is 9.98. The minimum atomic E-state index is -0.543. The first kappa shape index (κ1) is 19.5. The number of carboxylic acid groups (broad SMARTS) is 1. The Morgan fingerprint density at radius 1 is 0.864 bits per heavy atom. The Kier molecular flexibility index (Phi) is 11.5. The van der Waals surface area contributed by atoms with Crippen LogP contribution in [0.3, 0.4) is 0 Å². The van der Waals surface area contributed by atoms with Crippen molar-refractivity contribution in [3.63, 3.8) is 0 Å². The first-order valence-electron chi connectivity index (χ1n) is 9.98. The average molecular weight is 311 g/mol. The van der Waals surface area contributed by atoms with Crippen LogP contribution in [0.5, 0.6) is 0 Å². The summed E-state index contributed by atoms with van der Waals surface area (Å²) in [4.78, 5) is 11.4. The summed E-state index contributed by atoms with van der Waals surface area (Å²) in [5, 5.41) is 9.40. The number of carboxylic acids is 1. The molecule has 22 heavy (non-hydrogen) atoms. The van der Waals surface area contributed by atoms with Gasteiger partial charge in [-0.3, -0.25) is 4.79 Å². The number of unbranched alkanes of at least 4 members (excludes halogenated alkanes) is 10. The lowest BCUT2D eigenvalue weighted by atomic mass is 9.86. The summed E-state index contributed by atoms with van der Waals surface area (Å²) in [5.74, 6) is -0.124. The number of carbonyl (C=O) groups is 1. The highest BCUT2D eigenvalue weighted by molar-refractivity contribution is 5.70. The third-order valence-electron chi connectivity index (χ3n) is 5.40. The van der Waals surface area contributed by atoms with Crippen LogP contribution in [0.4, 0.5) is 0 Å². The molecule has 0 aromatic carbocycles. The average Bonchev–Trinajstić information content (AvgIpc) is 3.02. The van der Waals surface area contributed by atoms with Gasteiger partial charge in [0.1, 0.15) is 0 Å². The van der Waals surface area contributed by atoms with Gasteiger partial charge >= 0.3 is 5.97 Å². The highest BCUT2D eigenvalue weighted by Crippen LogP contribution is 2.34. The minimum absolute atomic E-state index is 0.0546. The smallest absolute Gasteiger partial charge is 0.306 e. The zero-order chi connectivity index (χ0) is 16.0. The lowest BCUT2D eigenvalue weighted by Crippen LogP contribution is -2.21. The van der Waals surface area contributed by atoms with E-state index in [-0.39, 0.29) is 5.92 Å². The fourth-order valence-corrected chi connectivity index (χ4v) is 3.95. The Balaban J connectivity index is 1.92. The zero-order valence-electron chi connectivity index (χ0n) is 14.8. The second-order valence-electron chi connectivity index (χ2n) is 7.31. The molecule has 2 nitrogen and oxygen atoms in total. The van der Waals surface area contributed by atoms with Crippen LogP contribution in [0.1, 0.15) is 110 Å². The number of aliphatic carboxylic acids is 1. The quantitative estimate of drug-likeness (QED) is 0.368. The Morgan fingerprint density at radius 3 is 1.77 bits per heavy atom. The van der Waals surface area contributed by atoms with Gasteiger partial charge in [-0.15, -0.1) is 0 Å². The number of hydrogen-bond donors (Lipinski definition) is 1. The fourth-order valence-electron chi connectivity index (χ4n) is 3.95. The van der Waals surface area contributed by atoms with E-state index in [0.717, 1.165) is 25.7 Å². The van der Waals surface area contributed by atoms with Crippen molar-refractivity contribution >= 4 is 5.97 Å². The van der Waals surface area contributed by atoms with Crippen LogP contribution >= 0.6 is 0 Å². The standard InChI is InChI=1S/C20H38O2/c1-2-3-4-5-6-7-8-9-10-11-12-17-19(20(21)22)18-15-13-14-16-18/h18-19H,2-17H2,1H3,(H,21,22)/t19-/m0/s1. The van der Waals surface area contributed by atoms with Crippen LogP contribution in [0.15, 0.2) is 0 Å². The molecule has 1 atom stereocenters. The van der Waals surface area contributed by atoms with Gasteiger partial charge in [0.15, 0.2) is 0 Å². The summed E-state index contributed by atoms with van der Waals surface area (Å²) in [6.45, 7) is 2.27. The predicted molar refractivity (Wildman–Crippen MR) is 94.2 cm³/mol. The summed E-state index contributed by atoms with van der Waals surface area (Å²) in [6.07, 6.45) is 20.4. The molecule has 0 unspecified atom stereocenters. The monoisotopic (exact) mass is 310 g/mol. The second-order valence-corrected chi connectivity index (χ2v) is 7.31. The third kappa shape index (κ3) is 8.80. The first-order chi connectivity index (χ1) is 10.8. The van der Waals surface area contributed by atoms with Crippen LogP contribution in [-0.4, -0.2) is 11.1 Å². The maximum atomic E-state index is 11.4. The number of hydrogen-bond acceptors (Lipinski definition) is 1. The van der Waals surface area contributed by atoms with Crippen molar-refractivity contribution in [2.45, 2.75) is 110 Å². The van der Waals surface area contributed by atoms with Gasteiger partial charge in [-0.05, 0) is 25.2 Å². The highest BCUT2D eigenvalue weighted by Gasteiger charge is 2.29. The molecule has 0 aromatic rings. The molecule has 0 heterocycles. The Morgan fingerprint density at radius 2 is 1.32 bits per heavy atom. The summed E-state index contributed by atoms with van der Waals surface area (Å²) in [6, 6.07) is 0. The van der Waals surface area contributed by atoms with Crippen LogP contribution in [0, 0.1) is 11.8 Å². The lowest BCUT2D eigenvalue weighted by Gasteiger charge is -2.18. The van der Waals surface area contributed by atoms with E-state index in [1.165, 1.54) is 77.0 Å². The lowest BCUT2D eigenvalue weighted by molar-refractivity contribution is -0.144. The van der Waals surface area contributed by atoms with E-state index in [1.807, 2.05) is 0 Å². The molecule has 0 saturated heterocycles. The molecule has 0 aliphatic heterocycles. The van der Waals surface area contributed by atoms with Gasteiger partial charge in [0.05, 0.1) is 5.92 Å². The predicted octanol–water partition coefficient (Wildman–Crippen LogP) is 6.58. The minimum Gasteiger partial charge on any atom is -0.481 e. The Bertz CT molecular complexity index is 269. The highest BCUT2D eigenvalue weighted by atomic mass is 16.4. The molecule has 0 aromatic heterocycles. The molecule has 0 amide bonds. The van der Waals surface area contributed by atoms with Gasteiger partial charge < -0.3 is 5.11 Å². The van der Waals surface area contributed by atoms with E-state index < -0.39 is 5.97 Å². The van der Waals surface area contributed by atoms with E-state index in [9.17, 15) is 9.90 Å². The molecule has 0 bridgehead atoms. The molecular weight excluding hydrogens is 272 g/mol. The second kappa shape index (κ2) is 13.0. The van der Waals surface area contributed by atoms with Crippen molar-refractivity contribution in [1.29, 1.82) is 0 Å². The molecule has 1 saturated carbocycles. The van der Waals surface area contributed by atoms with Crippen molar-refractivity contribution in [3.05, 3.63) is 0 Å². The van der Waals surface area contributed by atoms with Crippen molar-refractivity contribution in [2.75, 3.05) is 0 Å². The molecule has 1 aliphatic rings. The van der Waals surface area contributed by atoms with Crippen LogP contribution in [-0.2, 0) is 4.79 Å². The molecule has 0 spiro atoms. The summed E-state index contributed by atoms with van der Waals surface area (Å²) in [7, 11) is 0. The van der Waals surface area contributed by atoms with E-state index in [4.69, 9.17) is 0 Å². The van der Waals surface area contributed by atoms with Crippen LogP contribution < -0.4 is 0 Å². The van der Waals surface area contributed by atoms with Crippen LogP contribution in [0.25, 0.3) is 0 Å². The van der Waals surface area contributed by atoms with Crippen LogP contribution in [0.2, 0.25) is 0 Å². The van der Waals surface area contributed by atoms with Gasteiger partial charge in [-0.1, -0.05) is 90.4 Å². The SMILES string of the molecule is CCCCCCCCCCCCC[C@H](C(=O)O)C1CCCC1. The molecule has 2 heteroatoms. The topological polar surface area (TPSA) is 37.3 Å². The zero-order valence-corrected chi connectivity index (χ0v) is 14.8. The molecule has 1 rings (SSSR count). The van der Waals surface area contributed by atoms with Gasteiger partial charge in [0, 0.05) is 0 Å². The van der Waals surface area contributed by atoms with E-state index in [2.05, 4.69) is 6.92 Å². The molecular formula is C20H38O2. The third-order valence-corrected chi connectivity index (χ3v) is 5.40. The van der Waals surface area contributed by atoms with Gasteiger partial charge in [-0.25, -0.2) is 0 Å². The van der Waals surface area contributed by atoms with Gasteiger partial charge in [-0.2, -0.15) is 0 Å². The molecule has 130 valence electrons. The molecule has 1 fully saturated rings. The molecule has 0 radical (unpaired) electrons. The summed E-state index contributed by atoms with van der Waals surface area (Å²) >= 11 is 0. The van der Waals surface area contributed by atoms with E-state index >= 15 is 0 Å². The van der Waals surface area contributed by atoms with Crippen molar-refractivity contribution < 1.29 is 9.90 Å². The Hall–Kier alpha value is -0.530. The molecule has 1 aliphatic carbocycles. The number of rotatable bonds is 14. The van der Waals surface area contributed by atoms with Gasteiger partial charge in [0.2, 0.25) is 0 Å². The molecule has 1 N–H and O–H groups in total. The fraction of sp³-hybridized carbons (Fsp3) is 0.950. The normalized spacial score (nSPS) is 17.0. The summed E-state index contributed by atoms with van der Waals surface area (Å²) < 4.78 is 0. The van der Waals surface area contributed by atoms with Crippen molar-refractivity contribution in [2.24, 2.45) is 11.8 Å². The van der Waals surface area contributed by atoms with Gasteiger partial charge in [0.25, 0.3) is 0 Å². The van der Waals surface area contributed by atoms with E-state index in [0.29, 0.717) is 5.92 Å². The largest absolute Gasteiger partial charge is 0.481 e. The summed E-state index contributed by atoms with van der Waals surface area (Å²) in [5.41, 5.74) is 0. The maximum Gasteiger partial charge on any atom is 0.306 e. The van der Waals surface area contributed by atoms with Crippen molar-refractivity contribution in [3.8, 4) is 0 Å².